The number of benzene rings is 1. The lowest BCUT2D eigenvalue weighted by Gasteiger charge is -2.12. The Labute approximate surface area is 103 Å². The first kappa shape index (κ1) is 13.5. The average Bonchev–Trinajstić information content (AvgIpc) is 2.18. The molecule has 0 saturated heterocycles. The molecule has 0 aliphatic carbocycles. The number of hydrogen-bond donors (Lipinski definition) is 0. The fourth-order valence-electron chi connectivity index (χ4n) is 1.10. The highest BCUT2D eigenvalue weighted by Gasteiger charge is 2.33. The van der Waals surface area contributed by atoms with Crippen LogP contribution in [0, 0.1) is 11.3 Å². The van der Waals surface area contributed by atoms with E-state index in [0.717, 1.165) is 6.07 Å². The second kappa shape index (κ2) is 4.75. The van der Waals surface area contributed by atoms with Crippen LogP contribution in [0.1, 0.15) is 22.8 Å². The van der Waals surface area contributed by atoms with Crippen LogP contribution in [0.4, 0.5) is 13.2 Å². The van der Waals surface area contributed by atoms with Gasteiger partial charge in [0.25, 0.3) is 0 Å². The smallest absolute Gasteiger partial charge is 0.403 e. The minimum absolute atomic E-state index is 0.0981. The van der Waals surface area contributed by atoms with Gasteiger partial charge in [-0.3, -0.25) is 4.79 Å². The summed E-state index contributed by atoms with van der Waals surface area (Å²) in [6.45, 7) is 1.24. The Balaban J connectivity index is 3.33. The SMILES string of the molecule is CC(=O)c1cc(Br)c(OC(F)(F)F)c(C#N)c1. The Morgan fingerprint density at radius 2 is 2.06 bits per heavy atom. The van der Waals surface area contributed by atoms with Gasteiger partial charge in [-0.15, -0.1) is 13.2 Å². The van der Waals surface area contributed by atoms with Crippen molar-refractivity contribution in [2.24, 2.45) is 0 Å². The van der Waals surface area contributed by atoms with Gasteiger partial charge in [-0.05, 0) is 35.0 Å². The van der Waals surface area contributed by atoms with Crippen LogP contribution in [-0.4, -0.2) is 12.1 Å². The molecule has 3 nitrogen and oxygen atoms in total. The van der Waals surface area contributed by atoms with Crippen molar-refractivity contribution in [1.29, 1.82) is 5.26 Å². The summed E-state index contributed by atoms with van der Waals surface area (Å²) in [6, 6.07) is 3.77. The fraction of sp³-hybridized carbons (Fsp3) is 0.200. The summed E-state index contributed by atoms with van der Waals surface area (Å²) < 4.78 is 39.8. The first-order valence-corrected chi connectivity index (χ1v) is 5.04. The molecule has 0 fully saturated rings. The minimum Gasteiger partial charge on any atom is -0.403 e. The average molecular weight is 308 g/mol. The van der Waals surface area contributed by atoms with Crippen molar-refractivity contribution in [1.82, 2.24) is 0 Å². The summed E-state index contributed by atoms with van der Waals surface area (Å²) in [5, 5.41) is 8.72. The van der Waals surface area contributed by atoms with E-state index in [2.05, 4.69) is 20.7 Å². The molecule has 1 aromatic carbocycles. The molecule has 0 saturated carbocycles. The summed E-state index contributed by atoms with van der Waals surface area (Å²) in [7, 11) is 0. The molecule has 1 aromatic rings. The number of rotatable bonds is 2. The summed E-state index contributed by atoms with van der Waals surface area (Å²) in [5.41, 5.74) is -0.232. The van der Waals surface area contributed by atoms with Crippen LogP contribution in [0.3, 0.4) is 0 Å². The number of halogens is 4. The highest BCUT2D eigenvalue weighted by atomic mass is 79.9. The van der Waals surface area contributed by atoms with Gasteiger partial charge >= 0.3 is 6.36 Å². The lowest BCUT2D eigenvalue weighted by atomic mass is 10.1. The molecule has 90 valence electrons. The van der Waals surface area contributed by atoms with Gasteiger partial charge in [0, 0.05) is 5.56 Å². The Morgan fingerprint density at radius 1 is 1.47 bits per heavy atom. The summed E-state index contributed by atoms with van der Waals surface area (Å²) >= 11 is 2.83. The quantitative estimate of drug-likeness (QED) is 0.787. The first-order valence-electron chi connectivity index (χ1n) is 4.25. The maximum Gasteiger partial charge on any atom is 0.573 e. The topological polar surface area (TPSA) is 50.1 Å². The number of hydrogen-bond acceptors (Lipinski definition) is 3. The fourth-order valence-corrected chi connectivity index (χ4v) is 1.64. The Morgan fingerprint density at radius 3 is 2.47 bits per heavy atom. The van der Waals surface area contributed by atoms with E-state index in [9.17, 15) is 18.0 Å². The molecule has 0 atom stereocenters. The third kappa shape index (κ3) is 3.46. The Kier molecular flexibility index (Phi) is 3.78. The third-order valence-electron chi connectivity index (χ3n) is 1.79. The van der Waals surface area contributed by atoms with Gasteiger partial charge < -0.3 is 4.74 Å². The molecule has 0 heterocycles. The van der Waals surface area contributed by atoms with Crippen molar-refractivity contribution in [3.8, 4) is 11.8 Å². The summed E-state index contributed by atoms with van der Waals surface area (Å²) in [4.78, 5) is 11.1. The zero-order chi connectivity index (χ0) is 13.2. The van der Waals surface area contributed by atoms with E-state index in [1.807, 2.05) is 0 Å². The molecule has 7 heteroatoms. The molecule has 0 aliphatic rings. The third-order valence-corrected chi connectivity index (χ3v) is 2.38. The number of carbonyl (C=O) groups excluding carboxylic acids is 1. The van der Waals surface area contributed by atoms with Gasteiger partial charge in [0.2, 0.25) is 0 Å². The number of Topliss-reactive ketones (excluding diaryl/α,β-unsaturated/α-hetero) is 1. The molecule has 0 aromatic heterocycles. The zero-order valence-electron chi connectivity index (χ0n) is 8.43. The van der Waals surface area contributed by atoms with Gasteiger partial charge in [0.05, 0.1) is 10.0 Å². The van der Waals surface area contributed by atoms with Crippen molar-refractivity contribution in [2.75, 3.05) is 0 Å². The van der Waals surface area contributed by atoms with E-state index < -0.39 is 12.1 Å². The molecule has 0 aliphatic heterocycles. The van der Waals surface area contributed by atoms with Gasteiger partial charge in [0.15, 0.2) is 11.5 Å². The minimum atomic E-state index is -4.90. The molecule has 0 bridgehead atoms. The lowest BCUT2D eigenvalue weighted by molar-refractivity contribution is -0.275. The zero-order valence-corrected chi connectivity index (χ0v) is 10.0. The van der Waals surface area contributed by atoms with Gasteiger partial charge in [-0.25, -0.2) is 0 Å². The molecule has 1 rings (SSSR count). The van der Waals surface area contributed by atoms with Crippen LogP contribution < -0.4 is 4.74 Å². The predicted molar refractivity (Wildman–Crippen MR) is 55.5 cm³/mol. The molecular weight excluding hydrogens is 303 g/mol. The molecule has 0 radical (unpaired) electrons. The summed E-state index contributed by atoms with van der Waals surface area (Å²) in [5.74, 6) is -1.01. The summed E-state index contributed by atoms with van der Waals surface area (Å²) in [6.07, 6.45) is -4.90. The van der Waals surface area contributed by atoms with Crippen LogP contribution in [-0.2, 0) is 0 Å². The van der Waals surface area contributed by atoms with Gasteiger partial charge in [-0.1, -0.05) is 0 Å². The maximum absolute atomic E-state index is 12.1. The van der Waals surface area contributed by atoms with Crippen molar-refractivity contribution in [2.45, 2.75) is 13.3 Å². The maximum atomic E-state index is 12.1. The number of nitriles is 1. The number of nitrogens with zero attached hydrogens (tertiary/aromatic N) is 1. The monoisotopic (exact) mass is 307 g/mol. The standard InChI is InChI=1S/C10H5BrF3NO2/c1-5(16)6-2-7(4-15)9(8(11)3-6)17-10(12,13)14/h2-3H,1H3. The highest BCUT2D eigenvalue weighted by Crippen LogP contribution is 2.34. The van der Waals surface area contributed by atoms with E-state index in [1.54, 1.807) is 6.07 Å². The van der Waals surface area contributed by atoms with Crippen molar-refractivity contribution < 1.29 is 22.7 Å². The second-order valence-corrected chi connectivity index (χ2v) is 3.90. The Hall–Kier alpha value is -1.55. The molecule has 0 spiro atoms. The molecule has 0 unspecified atom stereocenters. The van der Waals surface area contributed by atoms with Crippen LogP contribution in [0.15, 0.2) is 16.6 Å². The second-order valence-electron chi connectivity index (χ2n) is 3.05. The van der Waals surface area contributed by atoms with Crippen LogP contribution in [0.2, 0.25) is 0 Å². The van der Waals surface area contributed by atoms with Crippen molar-refractivity contribution >= 4 is 21.7 Å². The number of alkyl halides is 3. The van der Waals surface area contributed by atoms with Crippen molar-refractivity contribution in [3.63, 3.8) is 0 Å². The first-order chi connectivity index (χ1) is 7.74. The van der Waals surface area contributed by atoms with E-state index in [4.69, 9.17) is 5.26 Å². The lowest BCUT2D eigenvalue weighted by Crippen LogP contribution is -2.18. The predicted octanol–water partition coefficient (Wildman–Crippen LogP) is 3.42. The van der Waals surface area contributed by atoms with Crippen LogP contribution in [0.25, 0.3) is 0 Å². The number of ether oxygens (including phenoxy) is 1. The van der Waals surface area contributed by atoms with E-state index in [0.29, 0.717) is 0 Å². The molecular formula is C10H5BrF3NO2. The normalized spacial score (nSPS) is 10.8. The largest absolute Gasteiger partial charge is 0.573 e. The number of carbonyl (C=O) groups is 1. The van der Waals surface area contributed by atoms with Gasteiger partial charge in [0.1, 0.15) is 6.07 Å². The van der Waals surface area contributed by atoms with Gasteiger partial charge in [-0.2, -0.15) is 5.26 Å². The van der Waals surface area contributed by atoms with E-state index >= 15 is 0 Å². The van der Waals surface area contributed by atoms with Crippen LogP contribution >= 0.6 is 15.9 Å². The highest BCUT2D eigenvalue weighted by molar-refractivity contribution is 9.10. The molecule has 0 amide bonds. The van der Waals surface area contributed by atoms with E-state index in [-0.39, 0.29) is 21.4 Å². The Bertz CT molecular complexity index is 505. The number of ketones is 1. The molecule has 17 heavy (non-hydrogen) atoms. The van der Waals surface area contributed by atoms with E-state index in [1.165, 1.54) is 13.0 Å². The molecule has 0 N–H and O–H groups in total. The van der Waals surface area contributed by atoms with Crippen molar-refractivity contribution in [3.05, 3.63) is 27.7 Å². The van der Waals surface area contributed by atoms with Crippen LogP contribution in [0.5, 0.6) is 5.75 Å².